The van der Waals surface area contributed by atoms with Gasteiger partial charge in [0.15, 0.2) is 5.82 Å². The van der Waals surface area contributed by atoms with E-state index in [1.807, 2.05) is 43.0 Å². The minimum absolute atomic E-state index is 0.0651. The maximum Gasteiger partial charge on any atom is 0.319 e. The van der Waals surface area contributed by atoms with Crippen molar-refractivity contribution in [3.05, 3.63) is 35.5 Å². The average Bonchev–Trinajstić information content (AvgIpc) is 3.52. The van der Waals surface area contributed by atoms with Gasteiger partial charge in [0, 0.05) is 35.3 Å². The SMILES string of the molecule is CC(C)C(=O)N1Cc2nc(-c3ccc(NC(=O)NC4CC4)cc3)nc(N3CCOCC3C)c2C1. The molecule has 2 aromatic rings. The number of amides is 3. The minimum atomic E-state index is -0.178. The maximum atomic E-state index is 12.7. The number of rotatable bonds is 5. The molecule has 1 aromatic heterocycles. The van der Waals surface area contributed by atoms with Crippen molar-refractivity contribution >= 4 is 23.4 Å². The zero-order valence-electron chi connectivity index (χ0n) is 20.0. The van der Waals surface area contributed by atoms with Crippen LogP contribution in [-0.2, 0) is 22.6 Å². The summed E-state index contributed by atoms with van der Waals surface area (Å²) in [7, 11) is 0. The highest BCUT2D eigenvalue weighted by molar-refractivity contribution is 5.90. The van der Waals surface area contributed by atoms with Crippen LogP contribution in [0.2, 0.25) is 0 Å². The molecule has 0 bridgehead atoms. The van der Waals surface area contributed by atoms with Gasteiger partial charge in [0.05, 0.1) is 38.0 Å². The average molecular weight is 465 g/mol. The molecule has 1 saturated heterocycles. The summed E-state index contributed by atoms with van der Waals surface area (Å²) < 4.78 is 5.64. The van der Waals surface area contributed by atoms with Gasteiger partial charge in [0.1, 0.15) is 5.82 Å². The van der Waals surface area contributed by atoms with Gasteiger partial charge in [-0.15, -0.1) is 0 Å². The summed E-state index contributed by atoms with van der Waals surface area (Å²) in [6, 6.07) is 7.89. The van der Waals surface area contributed by atoms with E-state index in [0.29, 0.717) is 38.2 Å². The quantitative estimate of drug-likeness (QED) is 0.705. The van der Waals surface area contributed by atoms with E-state index in [1.54, 1.807) is 0 Å². The molecule has 9 heteroatoms. The third kappa shape index (κ3) is 4.70. The zero-order chi connectivity index (χ0) is 23.8. The number of benzene rings is 1. The number of urea groups is 1. The molecule has 2 N–H and O–H groups in total. The molecule has 9 nitrogen and oxygen atoms in total. The van der Waals surface area contributed by atoms with E-state index in [-0.39, 0.29) is 23.9 Å². The lowest BCUT2D eigenvalue weighted by Crippen LogP contribution is -2.44. The second-order valence-corrected chi connectivity index (χ2v) is 9.71. The third-order valence-corrected chi connectivity index (χ3v) is 6.52. The topological polar surface area (TPSA) is 99.7 Å². The van der Waals surface area contributed by atoms with Crippen molar-refractivity contribution in [3.8, 4) is 11.4 Å². The number of anilines is 2. The molecule has 0 radical (unpaired) electrons. The van der Waals surface area contributed by atoms with Crippen molar-refractivity contribution in [1.82, 2.24) is 20.2 Å². The van der Waals surface area contributed by atoms with Crippen molar-refractivity contribution in [2.45, 2.75) is 58.8 Å². The highest BCUT2D eigenvalue weighted by Crippen LogP contribution is 2.34. The van der Waals surface area contributed by atoms with Crippen LogP contribution >= 0.6 is 0 Å². The fourth-order valence-corrected chi connectivity index (χ4v) is 4.45. The summed E-state index contributed by atoms with van der Waals surface area (Å²) in [5.41, 5.74) is 3.52. The Bertz CT molecular complexity index is 1080. The van der Waals surface area contributed by atoms with Crippen molar-refractivity contribution in [2.75, 3.05) is 30.0 Å². The summed E-state index contributed by atoms with van der Waals surface area (Å²) in [4.78, 5) is 38.8. The predicted molar refractivity (Wildman–Crippen MR) is 129 cm³/mol. The normalized spacial score (nSPS) is 19.8. The van der Waals surface area contributed by atoms with E-state index in [2.05, 4.69) is 22.5 Å². The zero-order valence-corrected chi connectivity index (χ0v) is 20.0. The van der Waals surface area contributed by atoms with Gasteiger partial charge in [0.25, 0.3) is 0 Å². The lowest BCUT2D eigenvalue weighted by atomic mass is 10.1. The van der Waals surface area contributed by atoms with Crippen molar-refractivity contribution < 1.29 is 14.3 Å². The molecule has 2 aliphatic heterocycles. The van der Waals surface area contributed by atoms with Gasteiger partial charge < -0.3 is 25.2 Å². The number of hydrogen-bond donors (Lipinski definition) is 2. The Morgan fingerprint density at radius 3 is 2.56 bits per heavy atom. The third-order valence-electron chi connectivity index (χ3n) is 6.52. The summed E-state index contributed by atoms with van der Waals surface area (Å²) >= 11 is 0. The first-order chi connectivity index (χ1) is 16.4. The molecule has 0 spiro atoms. The molecule has 2 fully saturated rings. The van der Waals surface area contributed by atoms with Crippen LogP contribution in [0, 0.1) is 5.92 Å². The first-order valence-electron chi connectivity index (χ1n) is 12.1. The molecule has 5 rings (SSSR count). The molecule has 3 aliphatic rings. The Balaban J connectivity index is 1.43. The molecule has 3 amide bonds. The fourth-order valence-electron chi connectivity index (χ4n) is 4.45. The number of ether oxygens (including phenoxy) is 1. The molecule has 1 saturated carbocycles. The van der Waals surface area contributed by atoms with Gasteiger partial charge in [0.2, 0.25) is 5.91 Å². The predicted octanol–water partition coefficient (Wildman–Crippen LogP) is 3.15. The van der Waals surface area contributed by atoms with Crippen LogP contribution < -0.4 is 15.5 Å². The summed E-state index contributed by atoms with van der Waals surface area (Å²) in [6.45, 7) is 9.05. The van der Waals surface area contributed by atoms with E-state index < -0.39 is 0 Å². The Labute approximate surface area is 199 Å². The van der Waals surface area contributed by atoms with E-state index in [4.69, 9.17) is 14.7 Å². The number of aromatic nitrogens is 2. The van der Waals surface area contributed by atoms with Crippen LogP contribution in [-0.4, -0.2) is 58.6 Å². The van der Waals surface area contributed by atoms with Gasteiger partial charge in [-0.1, -0.05) is 13.8 Å². The van der Waals surface area contributed by atoms with Crippen LogP contribution in [0.25, 0.3) is 11.4 Å². The first kappa shape index (κ1) is 22.6. The minimum Gasteiger partial charge on any atom is -0.377 e. The highest BCUT2D eigenvalue weighted by Gasteiger charge is 2.33. The number of fused-ring (bicyclic) bond motifs is 1. The number of hydrogen-bond acceptors (Lipinski definition) is 6. The molecular formula is C25H32N6O3. The fraction of sp³-hybridized carbons (Fsp3) is 0.520. The van der Waals surface area contributed by atoms with Crippen molar-refractivity contribution in [1.29, 1.82) is 0 Å². The molecule has 180 valence electrons. The van der Waals surface area contributed by atoms with Gasteiger partial charge in [-0.25, -0.2) is 14.8 Å². The van der Waals surface area contributed by atoms with Crippen LogP contribution in [0.1, 0.15) is 44.9 Å². The van der Waals surface area contributed by atoms with Gasteiger partial charge in [-0.05, 0) is 44.0 Å². The molecule has 1 aromatic carbocycles. The van der Waals surface area contributed by atoms with E-state index in [1.165, 1.54) is 0 Å². The number of nitrogens with one attached hydrogen (secondary N) is 2. The maximum absolute atomic E-state index is 12.7. The Morgan fingerprint density at radius 2 is 1.88 bits per heavy atom. The largest absolute Gasteiger partial charge is 0.377 e. The Kier molecular flexibility index (Phi) is 6.12. The lowest BCUT2D eigenvalue weighted by molar-refractivity contribution is -0.135. The highest BCUT2D eigenvalue weighted by atomic mass is 16.5. The molecule has 1 unspecified atom stereocenters. The Hall–Kier alpha value is -3.20. The van der Waals surface area contributed by atoms with Gasteiger partial charge >= 0.3 is 6.03 Å². The van der Waals surface area contributed by atoms with E-state index >= 15 is 0 Å². The Morgan fingerprint density at radius 1 is 1.12 bits per heavy atom. The summed E-state index contributed by atoms with van der Waals surface area (Å²) in [5.74, 6) is 1.58. The molecule has 1 atom stereocenters. The molecule has 34 heavy (non-hydrogen) atoms. The standard InChI is InChI=1S/C25H32N6O3/c1-15(2)24(32)30-12-20-21(13-30)28-22(29-23(20)31-10-11-34-14-16(31)3)17-4-6-18(7-5-17)26-25(33)27-19-8-9-19/h4-7,15-16,19H,8-14H2,1-3H3,(H2,26,27,33). The monoisotopic (exact) mass is 464 g/mol. The number of morpholine rings is 1. The van der Waals surface area contributed by atoms with Crippen LogP contribution in [0.3, 0.4) is 0 Å². The second-order valence-electron chi connectivity index (χ2n) is 9.71. The van der Waals surface area contributed by atoms with Crippen molar-refractivity contribution in [3.63, 3.8) is 0 Å². The second kappa shape index (κ2) is 9.21. The molecule has 3 heterocycles. The molecule has 1 aliphatic carbocycles. The smallest absolute Gasteiger partial charge is 0.319 e. The summed E-state index contributed by atoms with van der Waals surface area (Å²) in [6.07, 6.45) is 2.10. The van der Waals surface area contributed by atoms with Crippen LogP contribution in [0.15, 0.2) is 24.3 Å². The number of carbonyl (C=O) groups excluding carboxylic acids is 2. The number of carbonyl (C=O) groups is 2. The van der Waals surface area contributed by atoms with Crippen molar-refractivity contribution in [2.24, 2.45) is 5.92 Å². The van der Waals surface area contributed by atoms with Gasteiger partial charge in [-0.3, -0.25) is 4.79 Å². The van der Waals surface area contributed by atoms with Gasteiger partial charge in [-0.2, -0.15) is 0 Å². The number of nitrogens with zero attached hydrogens (tertiary/aromatic N) is 4. The lowest BCUT2D eigenvalue weighted by Gasteiger charge is -2.35. The first-order valence-corrected chi connectivity index (χ1v) is 12.1. The molecular weight excluding hydrogens is 432 g/mol. The summed E-state index contributed by atoms with van der Waals surface area (Å²) in [5, 5.41) is 5.80. The van der Waals surface area contributed by atoms with Crippen LogP contribution in [0.5, 0.6) is 0 Å². The van der Waals surface area contributed by atoms with Crippen LogP contribution in [0.4, 0.5) is 16.3 Å². The van der Waals surface area contributed by atoms with E-state index in [0.717, 1.165) is 47.7 Å². The van der Waals surface area contributed by atoms with E-state index in [9.17, 15) is 9.59 Å².